The Balaban J connectivity index is 0.000000113. The number of hydrogen-bond donors (Lipinski definition) is 0. The molecule has 4 aliphatic rings. The first-order chi connectivity index (χ1) is 64.1. The molecule has 4 saturated heterocycles. The largest absolute Gasteiger partial charge is 0.461 e. The van der Waals surface area contributed by atoms with Crippen molar-refractivity contribution in [2.24, 2.45) is 0 Å². The lowest BCUT2D eigenvalue weighted by atomic mass is 10.1. The Kier molecular flexibility index (Phi) is 27.0. The molecule has 9 aromatic carbocycles. The van der Waals surface area contributed by atoms with Crippen molar-refractivity contribution in [2.45, 2.75) is 39.2 Å². The molecule has 1 unspecified atom stereocenters. The molecular formula is C107H99Cl2N15O6. The third-order valence-electron chi connectivity index (χ3n) is 24.3. The number of nitrogens with zero attached hydrogens (tertiary/aromatic N) is 15. The molecule has 9 aromatic heterocycles. The number of aromatic nitrogens is 10. The number of morpholine rings is 3. The maximum Gasteiger partial charge on any atom is 0.358 e. The number of halogens is 2. The molecule has 23 heteroatoms. The molecule has 0 aliphatic carbocycles. The quantitative estimate of drug-likeness (QED) is 0.0657. The van der Waals surface area contributed by atoms with Crippen molar-refractivity contribution in [3.05, 3.63) is 379 Å². The van der Waals surface area contributed by atoms with Gasteiger partial charge in [0, 0.05) is 154 Å². The summed E-state index contributed by atoms with van der Waals surface area (Å²) in [6.45, 7) is 18.2. The van der Waals surface area contributed by atoms with E-state index in [4.69, 9.17) is 61.6 Å². The molecule has 4 fully saturated rings. The molecule has 0 radical (unpaired) electrons. The number of benzene rings is 9. The van der Waals surface area contributed by atoms with E-state index in [2.05, 4.69) is 296 Å². The van der Waals surface area contributed by atoms with Crippen molar-refractivity contribution in [1.29, 1.82) is 0 Å². The summed E-state index contributed by atoms with van der Waals surface area (Å²) in [6, 6.07) is 104. The summed E-state index contributed by atoms with van der Waals surface area (Å²) in [5.74, 6) is 0.211. The average molecular weight is 1760 g/mol. The van der Waals surface area contributed by atoms with Crippen molar-refractivity contribution < 1.29 is 28.3 Å². The average Bonchev–Trinajstić information content (AvgIpc) is 1.63. The summed E-state index contributed by atoms with van der Waals surface area (Å²) >= 11 is 12.4. The number of esters is 1. The first-order valence-corrected chi connectivity index (χ1v) is 45.2. The summed E-state index contributed by atoms with van der Waals surface area (Å²) in [7, 11) is 0. The highest BCUT2D eigenvalue weighted by molar-refractivity contribution is 6.31. The van der Waals surface area contributed by atoms with Crippen LogP contribution in [0.25, 0.3) is 112 Å². The molecule has 18 aromatic rings. The highest BCUT2D eigenvalue weighted by atomic mass is 35.5. The number of fused-ring (bicyclic) bond motifs is 4. The van der Waals surface area contributed by atoms with E-state index in [0.29, 0.717) is 44.5 Å². The highest BCUT2D eigenvalue weighted by Crippen LogP contribution is 2.37. The number of imidazole rings is 4. The summed E-state index contributed by atoms with van der Waals surface area (Å²) < 4.78 is 36.0. The highest BCUT2D eigenvalue weighted by Gasteiger charge is 2.29. The Labute approximate surface area is 765 Å². The third-order valence-corrected chi connectivity index (χ3v) is 24.8. The summed E-state index contributed by atoms with van der Waals surface area (Å²) in [6.07, 6.45) is 10.1. The van der Waals surface area contributed by atoms with Gasteiger partial charge in [-0.05, 0) is 142 Å². The van der Waals surface area contributed by atoms with Gasteiger partial charge in [0.2, 0.25) is 12.2 Å². The molecule has 0 spiro atoms. The molecule has 0 saturated carbocycles. The van der Waals surface area contributed by atoms with Crippen LogP contribution in [0.5, 0.6) is 0 Å². The lowest BCUT2D eigenvalue weighted by Crippen LogP contribution is -2.46. The van der Waals surface area contributed by atoms with Crippen LogP contribution in [-0.2, 0) is 45.1 Å². The Hall–Kier alpha value is -13.6. The number of carbonyl (C=O) groups is 1. The molecule has 1 atom stereocenters. The van der Waals surface area contributed by atoms with E-state index in [1.807, 2.05) is 96.3 Å². The fourth-order valence-electron chi connectivity index (χ4n) is 17.4. The van der Waals surface area contributed by atoms with Gasteiger partial charge in [0.15, 0.2) is 5.69 Å². The van der Waals surface area contributed by atoms with Crippen molar-refractivity contribution in [1.82, 2.24) is 67.3 Å². The lowest BCUT2D eigenvalue weighted by molar-refractivity contribution is -0.0333. The second-order valence-electron chi connectivity index (χ2n) is 32.6. The van der Waals surface area contributed by atoms with E-state index in [0.717, 1.165) is 187 Å². The zero-order chi connectivity index (χ0) is 87.9. The standard InChI is InChI=1S/C30H27ClN4.C30H26ClN3O.C26H23N5O2.C21H23N3O3/c31-26-14-11-24(12-15-26)30-28(22-33-17-19-34(20-18-33)27-9-5-2-6-10-27)35-21-25(13-16-29(35)32-30)23-7-3-1-4-8-23;31-26-14-11-24(12-15-26)30-27(20-33-17-18-35-28(21-33)23-9-5-2-6-10-23)34-19-25(13-16-29(34)32-30)22-7-3-1-4-8-22;1-2-4-19(5-3-1)22-10-11-24-28-25(20-6-8-21(9-7-20)26-27-18-33-29-26)23(31(24)16-22)17-30-12-14-32-15-13-30;1-2-27-21(25)20-18(15-23-10-12-26-13-11-23)24-14-17(8-9-19(24)22-20)16-6-4-3-5-7-16/h1-16,21H,17-20,22H2;1-16,19,28H,17-18,20-21H2;1-11,16,18H,12-15,17H2;3-9,14H,2,10-13,15H2,1H3. The molecular weight excluding hydrogens is 1660 g/mol. The first-order valence-electron chi connectivity index (χ1n) is 44.4. The van der Waals surface area contributed by atoms with Crippen molar-refractivity contribution in [3.8, 4) is 89.7 Å². The van der Waals surface area contributed by atoms with Crippen LogP contribution in [-0.4, -0.2) is 178 Å². The molecule has 130 heavy (non-hydrogen) atoms. The number of pyridine rings is 4. The third kappa shape index (κ3) is 20.1. The SMILES string of the molecule is CCOC(=O)c1nc2ccc(-c3ccccc3)cn2c1CN1CCOCC1.Clc1ccc(-c2nc3ccc(-c4ccccc4)cn3c2CN2CCN(c3ccccc3)CC2)cc1.Clc1ccc(-c2nc3ccc(-c4ccccc4)cn3c2CN2CCOC(c3ccccc3)C2)cc1.c1ccc(-c2ccc3nc(-c4ccc(-c5ncon5)cc4)c(CN4CCOCC4)n3c2)cc1. The zero-order valence-electron chi connectivity index (χ0n) is 72.4. The number of hydrogen-bond acceptors (Lipinski definition) is 17. The summed E-state index contributed by atoms with van der Waals surface area (Å²) in [4.78, 5) is 48.5. The Morgan fingerprint density at radius 2 is 0.700 bits per heavy atom. The van der Waals surface area contributed by atoms with Crippen molar-refractivity contribution >= 4 is 57.4 Å². The topological polar surface area (TPSA) is 178 Å². The number of rotatable bonds is 20. The number of carbonyl (C=O) groups excluding carboxylic acids is 1. The van der Waals surface area contributed by atoms with E-state index in [9.17, 15) is 4.79 Å². The number of ether oxygens (including phenoxy) is 4. The van der Waals surface area contributed by atoms with Crippen LogP contribution < -0.4 is 4.90 Å². The van der Waals surface area contributed by atoms with Gasteiger partial charge >= 0.3 is 5.97 Å². The molecule has 13 heterocycles. The van der Waals surface area contributed by atoms with Gasteiger partial charge in [0.25, 0.3) is 0 Å². The lowest BCUT2D eigenvalue weighted by Gasteiger charge is -2.36. The molecule has 0 amide bonds. The number of para-hydroxylation sites is 1. The van der Waals surface area contributed by atoms with Gasteiger partial charge in [-0.3, -0.25) is 19.6 Å². The molecule has 4 aliphatic heterocycles. The van der Waals surface area contributed by atoms with Gasteiger partial charge in [-0.25, -0.2) is 24.7 Å². The van der Waals surface area contributed by atoms with Gasteiger partial charge in [-0.2, -0.15) is 4.98 Å². The normalized spacial score (nSPS) is 15.2. The van der Waals surface area contributed by atoms with Crippen LogP contribution in [0.4, 0.5) is 5.69 Å². The summed E-state index contributed by atoms with van der Waals surface area (Å²) in [5, 5.41) is 5.40. The minimum Gasteiger partial charge on any atom is -0.461 e. The molecule has 22 rings (SSSR count). The van der Waals surface area contributed by atoms with E-state index in [1.54, 1.807) is 0 Å². The van der Waals surface area contributed by atoms with Gasteiger partial charge < -0.3 is 46.0 Å². The molecule has 0 N–H and O–H groups in total. The number of piperazine rings is 1. The smallest absolute Gasteiger partial charge is 0.358 e. The van der Waals surface area contributed by atoms with Gasteiger partial charge in [0.05, 0.1) is 85.6 Å². The van der Waals surface area contributed by atoms with Crippen LogP contribution in [0.15, 0.2) is 339 Å². The maximum atomic E-state index is 12.5. The van der Waals surface area contributed by atoms with Gasteiger partial charge in [-0.15, -0.1) is 0 Å². The Morgan fingerprint density at radius 1 is 0.354 bits per heavy atom. The minimum atomic E-state index is -0.370. The first kappa shape index (κ1) is 85.9. The Morgan fingerprint density at radius 3 is 1.11 bits per heavy atom. The zero-order valence-corrected chi connectivity index (χ0v) is 73.9. The molecule has 21 nitrogen and oxygen atoms in total. The number of anilines is 1. The minimum absolute atomic E-state index is 0.0722. The monoisotopic (exact) mass is 1760 g/mol. The fraction of sp³-hybridized carbons (Fsp3) is 0.206. The van der Waals surface area contributed by atoms with E-state index < -0.39 is 0 Å². The maximum absolute atomic E-state index is 12.5. The van der Waals surface area contributed by atoms with Crippen molar-refractivity contribution in [3.63, 3.8) is 0 Å². The predicted molar refractivity (Wildman–Crippen MR) is 515 cm³/mol. The van der Waals surface area contributed by atoms with Gasteiger partial charge in [0.1, 0.15) is 22.6 Å². The van der Waals surface area contributed by atoms with Crippen molar-refractivity contribution in [2.75, 3.05) is 110 Å². The second kappa shape index (κ2) is 40.8. The molecule has 0 bridgehead atoms. The van der Waals surface area contributed by atoms with Crippen LogP contribution in [0.2, 0.25) is 10.0 Å². The van der Waals surface area contributed by atoms with Crippen LogP contribution >= 0.6 is 23.2 Å². The van der Waals surface area contributed by atoms with Crippen LogP contribution in [0, 0.1) is 0 Å². The van der Waals surface area contributed by atoms with Crippen LogP contribution in [0.1, 0.15) is 51.9 Å². The predicted octanol–water partition coefficient (Wildman–Crippen LogP) is 21.1. The van der Waals surface area contributed by atoms with Gasteiger partial charge in [-0.1, -0.05) is 247 Å². The molecule has 652 valence electrons. The van der Waals surface area contributed by atoms with Crippen LogP contribution in [0.3, 0.4) is 0 Å². The van der Waals surface area contributed by atoms with E-state index in [-0.39, 0.29) is 12.1 Å². The summed E-state index contributed by atoms with van der Waals surface area (Å²) in [5.41, 5.74) is 27.4. The Bertz CT molecular complexity index is 6770. The van der Waals surface area contributed by atoms with E-state index >= 15 is 0 Å². The second-order valence-corrected chi connectivity index (χ2v) is 33.5. The van der Waals surface area contributed by atoms with E-state index in [1.165, 1.54) is 68.1 Å². The fourth-order valence-corrected chi connectivity index (χ4v) is 17.7.